The van der Waals surface area contributed by atoms with Crippen LogP contribution < -0.4 is 16.4 Å². The number of nitrogens with one attached hydrogen (secondary N) is 2. The molecule has 19 heavy (non-hydrogen) atoms. The number of amides is 2. The predicted molar refractivity (Wildman–Crippen MR) is 75.9 cm³/mol. The number of hydrogen-bond acceptors (Lipinski definition) is 3. The molecule has 1 saturated heterocycles. The summed E-state index contributed by atoms with van der Waals surface area (Å²) in [7, 11) is 0. The second-order valence-electron chi connectivity index (χ2n) is 5.78. The molecule has 6 heteroatoms. The number of nitrogens with two attached hydrogens (primary N) is 1. The molecule has 2 amide bonds. The minimum Gasteiger partial charge on any atom is -0.369 e. The SMILES string of the molecule is CC(C(=O)NCC1(C(N)=O)CCCC1)C1CNC1.Cl. The molecule has 1 unspecified atom stereocenters. The fourth-order valence-corrected chi connectivity index (χ4v) is 2.86. The molecule has 0 aromatic carbocycles. The molecule has 0 bridgehead atoms. The molecule has 1 heterocycles. The van der Waals surface area contributed by atoms with Crippen molar-refractivity contribution in [2.75, 3.05) is 19.6 Å². The van der Waals surface area contributed by atoms with Crippen LogP contribution in [0.25, 0.3) is 0 Å². The van der Waals surface area contributed by atoms with Crippen molar-refractivity contribution in [1.82, 2.24) is 10.6 Å². The number of carbonyl (C=O) groups is 2. The van der Waals surface area contributed by atoms with E-state index in [2.05, 4.69) is 10.6 Å². The number of rotatable bonds is 5. The average molecular weight is 290 g/mol. The van der Waals surface area contributed by atoms with Gasteiger partial charge < -0.3 is 16.4 Å². The Kier molecular flexibility index (Phi) is 5.62. The summed E-state index contributed by atoms with van der Waals surface area (Å²) in [4.78, 5) is 23.6. The molecule has 2 aliphatic rings. The first kappa shape index (κ1) is 16.2. The van der Waals surface area contributed by atoms with Gasteiger partial charge in [-0.05, 0) is 31.8 Å². The summed E-state index contributed by atoms with van der Waals surface area (Å²) in [5.41, 5.74) is 5.00. The lowest BCUT2D eigenvalue weighted by Gasteiger charge is -2.33. The van der Waals surface area contributed by atoms with E-state index in [1.54, 1.807) is 0 Å². The Morgan fingerprint density at radius 1 is 1.37 bits per heavy atom. The third-order valence-electron chi connectivity index (χ3n) is 4.62. The van der Waals surface area contributed by atoms with Gasteiger partial charge in [0, 0.05) is 12.5 Å². The number of hydrogen-bond donors (Lipinski definition) is 3. The van der Waals surface area contributed by atoms with Gasteiger partial charge in [-0.2, -0.15) is 0 Å². The van der Waals surface area contributed by atoms with Crippen molar-refractivity contribution in [3.05, 3.63) is 0 Å². The molecule has 110 valence electrons. The molecule has 5 nitrogen and oxygen atoms in total. The van der Waals surface area contributed by atoms with E-state index in [1.807, 2.05) is 6.92 Å². The van der Waals surface area contributed by atoms with E-state index in [0.717, 1.165) is 38.8 Å². The lowest BCUT2D eigenvalue weighted by molar-refractivity contribution is -0.130. The summed E-state index contributed by atoms with van der Waals surface area (Å²) in [6.07, 6.45) is 3.67. The van der Waals surface area contributed by atoms with Gasteiger partial charge in [0.2, 0.25) is 11.8 Å². The van der Waals surface area contributed by atoms with Crippen molar-refractivity contribution < 1.29 is 9.59 Å². The highest BCUT2D eigenvalue weighted by Gasteiger charge is 2.40. The highest BCUT2D eigenvalue weighted by molar-refractivity contribution is 5.85. The summed E-state index contributed by atoms with van der Waals surface area (Å²) in [5, 5.41) is 6.09. The van der Waals surface area contributed by atoms with Crippen molar-refractivity contribution in [2.24, 2.45) is 23.0 Å². The minimum absolute atomic E-state index is 0. The maximum absolute atomic E-state index is 12.0. The van der Waals surface area contributed by atoms with Crippen LogP contribution in [0.5, 0.6) is 0 Å². The Morgan fingerprint density at radius 3 is 2.37 bits per heavy atom. The monoisotopic (exact) mass is 289 g/mol. The van der Waals surface area contributed by atoms with E-state index in [0.29, 0.717) is 12.5 Å². The first-order valence-corrected chi connectivity index (χ1v) is 6.83. The van der Waals surface area contributed by atoms with Gasteiger partial charge in [0.1, 0.15) is 0 Å². The second-order valence-corrected chi connectivity index (χ2v) is 5.78. The van der Waals surface area contributed by atoms with Gasteiger partial charge in [-0.15, -0.1) is 12.4 Å². The second kappa shape index (κ2) is 6.57. The fourth-order valence-electron chi connectivity index (χ4n) is 2.86. The molecule has 4 N–H and O–H groups in total. The lowest BCUT2D eigenvalue weighted by Crippen LogP contribution is -2.51. The van der Waals surface area contributed by atoms with Gasteiger partial charge in [0.15, 0.2) is 0 Å². The molecule has 1 aliphatic carbocycles. The quantitative estimate of drug-likeness (QED) is 0.686. The summed E-state index contributed by atoms with van der Waals surface area (Å²) in [6.45, 7) is 4.18. The normalized spacial score (nSPS) is 23.0. The summed E-state index contributed by atoms with van der Waals surface area (Å²) >= 11 is 0. The third kappa shape index (κ3) is 3.39. The summed E-state index contributed by atoms with van der Waals surface area (Å²) in [5.74, 6) is 0.225. The smallest absolute Gasteiger partial charge is 0.225 e. The minimum atomic E-state index is -0.493. The maximum atomic E-state index is 12.0. The van der Waals surface area contributed by atoms with Crippen LogP contribution in [0, 0.1) is 17.3 Å². The molecule has 1 aliphatic heterocycles. The summed E-state index contributed by atoms with van der Waals surface area (Å²) < 4.78 is 0. The van der Waals surface area contributed by atoms with E-state index in [1.165, 1.54) is 0 Å². The van der Waals surface area contributed by atoms with Crippen LogP contribution in [0.15, 0.2) is 0 Å². The van der Waals surface area contributed by atoms with Gasteiger partial charge in [-0.25, -0.2) is 0 Å². The van der Waals surface area contributed by atoms with E-state index < -0.39 is 5.41 Å². The number of carbonyl (C=O) groups excluding carboxylic acids is 2. The first-order valence-electron chi connectivity index (χ1n) is 6.83. The van der Waals surface area contributed by atoms with Crippen molar-refractivity contribution in [3.63, 3.8) is 0 Å². The van der Waals surface area contributed by atoms with Crippen LogP contribution in [0.1, 0.15) is 32.6 Å². The zero-order valence-electron chi connectivity index (χ0n) is 11.4. The molecule has 2 fully saturated rings. The maximum Gasteiger partial charge on any atom is 0.225 e. The number of halogens is 1. The van der Waals surface area contributed by atoms with Crippen LogP contribution >= 0.6 is 12.4 Å². The molecule has 0 aromatic rings. The Balaban J connectivity index is 0.00000180. The average Bonchev–Trinajstić information content (AvgIpc) is 2.73. The molecule has 0 aromatic heterocycles. The molecular weight excluding hydrogens is 266 g/mol. The Hall–Kier alpha value is -0.810. The highest BCUT2D eigenvalue weighted by atomic mass is 35.5. The fraction of sp³-hybridized carbons (Fsp3) is 0.846. The Bertz CT molecular complexity index is 339. The molecule has 0 spiro atoms. The Morgan fingerprint density at radius 2 is 1.95 bits per heavy atom. The molecule has 1 atom stereocenters. The van der Waals surface area contributed by atoms with Crippen molar-refractivity contribution in [1.29, 1.82) is 0 Å². The van der Waals surface area contributed by atoms with Crippen molar-refractivity contribution >= 4 is 24.2 Å². The zero-order valence-corrected chi connectivity index (χ0v) is 12.2. The van der Waals surface area contributed by atoms with Crippen LogP contribution in [-0.2, 0) is 9.59 Å². The third-order valence-corrected chi connectivity index (χ3v) is 4.62. The van der Waals surface area contributed by atoms with Gasteiger partial charge in [-0.3, -0.25) is 9.59 Å². The Labute approximate surface area is 120 Å². The van der Waals surface area contributed by atoms with Gasteiger partial charge in [0.25, 0.3) is 0 Å². The van der Waals surface area contributed by atoms with Gasteiger partial charge >= 0.3 is 0 Å². The number of primary amides is 1. The molecule has 1 saturated carbocycles. The van der Waals surface area contributed by atoms with Crippen LogP contribution in [-0.4, -0.2) is 31.4 Å². The molecular formula is C13H24ClN3O2. The van der Waals surface area contributed by atoms with E-state index in [9.17, 15) is 9.59 Å². The largest absolute Gasteiger partial charge is 0.369 e. The van der Waals surface area contributed by atoms with Crippen molar-refractivity contribution in [2.45, 2.75) is 32.6 Å². The molecule has 0 radical (unpaired) electrons. The van der Waals surface area contributed by atoms with Crippen LogP contribution in [0.4, 0.5) is 0 Å². The highest BCUT2D eigenvalue weighted by Crippen LogP contribution is 2.37. The van der Waals surface area contributed by atoms with Crippen LogP contribution in [0.2, 0.25) is 0 Å². The topological polar surface area (TPSA) is 84.2 Å². The van der Waals surface area contributed by atoms with E-state index in [-0.39, 0.29) is 30.1 Å². The zero-order chi connectivity index (χ0) is 13.2. The summed E-state index contributed by atoms with van der Waals surface area (Å²) in [6, 6.07) is 0. The van der Waals surface area contributed by atoms with Gasteiger partial charge in [0.05, 0.1) is 5.41 Å². The standard InChI is InChI=1S/C13H23N3O2.ClH/c1-9(10-6-15-7-10)11(17)16-8-13(12(14)18)4-2-3-5-13;/h9-10,15H,2-8H2,1H3,(H2,14,18)(H,16,17);1H. The lowest BCUT2D eigenvalue weighted by atomic mass is 9.84. The van der Waals surface area contributed by atoms with E-state index >= 15 is 0 Å². The predicted octanol–water partition coefficient (Wildman–Crippen LogP) is 0.426. The van der Waals surface area contributed by atoms with E-state index in [4.69, 9.17) is 5.73 Å². The van der Waals surface area contributed by atoms with Crippen LogP contribution in [0.3, 0.4) is 0 Å². The molecule has 2 rings (SSSR count). The van der Waals surface area contributed by atoms with Crippen molar-refractivity contribution in [3.8, 4) is 0 Å². The van der Waals surface area contributed by atoms with Gasteiger partial charge in [-0.1, -0.05) is 19.8 Å². The first-order chi connectivity index (χ1) is 8.55.